The van der Waals surface area contributed by atoms with Crippen molar-refractivity contribution in [2.75, 3.05) is 12.4 Å². The van der Waals surface area contributed by atoms with E-state index in [-0.39, 0.29) is 0 Å². The number of ether oxygens (including phenoxy) is 5. The summed E-state index contributed by atoms with van der Waals surface area (Å²) in [6.45, 7) is 3.63. The van der Waals surface area contributed by atoms with Crippen molar-refractivity contribution >= 4 is 33.8 Å². The van der Waals surface area contributed by atoms with Crippen molar-refractivity contribution in [1.82, 2.24) is 0 Å². The van der Waals surface area contributed by atoms with Crippen LogP contribution in [0.4, 0.5) is 0 Å². The Balaban J connectivity index is 3.14. The first-order valence-electron chi connectivity index (χ1n) is 6.56. The number of hydrogen-bond acceptors (Lipinski definition) is 8. The standard InChI is InChI=1S/C13H19BrO8/c1-6(15)19-10-9(5-14)22-13(18-4)12(21-8(3)17)11(10)20-7(2)16/h9-13H,5H2,1-4H3/t9-,10-,11+,12-,13-/m1/s1. The third-order valence-corrected chi connectivity index (χ3v) is 3.52. The predicted octanol–water partition coefficient (Wildman–Crippen LogP) is 0.548. The number of rotatable bonds is 5. The third-order valence-electron chi connectivity index (χ3n) is 2.88. The van der Waals surface area contributed by atoms with Gasteiger partial charge in [-0.3, -0.25) is 14.4 Å². The van der Waals surface area contributed by atoms with Gasteiger partial charge in [0.1, 0.15) is 6.10 Å². The lowest BCUT2D eigenvalue weighted by atomic mass is 9.99. The number of methoxy groups -OCH3 is 1. The predicted molar refractivity (Wildman–Crippen MR) is 76.1 cm³/mol. The first kappa shape index (κ1) is 18.9. The minimum Gasteiger partial charge on any atom is -0.456 e. The Morgan fingerprint density at radius 1 is 0.909 bits per heavy atom. The SMILES string of the molecule is CO[C@@H]1O[C@H](CBr)[C@@H](OC(C)=O)[C@H](OC(C)=O)[C@H]1OC(C)=O. The molecule has 0 N–H and O–H groups in total. The van der Waals surface area contributed by atoms with Crippen molar-refractivity contribution in [3.8, 4) is 0 Å². The molecule has 1 aliphatic rings. The average Bonchev–Trinajstić information content (AvgIpc) is 2.41. The minimum absolute atomic E-state index is 0.301. The molecule has 1 aliphatic heterocycles. The first-order chi connectivity index (χ1) is 10.3. The van der Waals surface area contributed by atoms with Gasteiger partial charge in [-0.25, -0.2) is 0 Å². The van der Waals surface area contributed by atoms with Crippen molar-refractivity contribution in [1.29, 1.82) is 0 Å². The molecule has 0 radical (unpaired) electrons. The molecule has 1 fully saturated rings. The minimum atomic E-state index is -1.05. The summed E-state index contributed by atoms with van der Waals surface area (Å²) in [5.74, 6) is -1.79. The van der Waals surface area contributed by atoms with Crippen LogP contribution in [0.1, 0.15) is 20.8 Å². The van der Waals surface area contributed by atoms with Crippen molar-refractivity contribution in [3.63, 3.8) is 0 Å². The van der Waals surface area contributed by atoms with E-state index in [4.69, 9.17) is 23.7 Å². The summed E-state index contributed by atoms with van der Waals surface area (Å²) >= 11 is 3.24. The van der Waals surface area contributed by atoms with Crippen LogP contribution >= 0.6 is 15.9 Å². The maximum atomic E-state index is 11.4. The molecule has 0 aromatic heterocycles. The zero-order valence-corrected chi connectivity index (χ0v) is 14.3. The van der Waals surface area contributed by atoms with E-state index < -0.39 is 48.6 Å². The summed E-state index contributed by atoms with van der Waals surface area (Å²) in [6.07, 6.45) is -4.61. The summed E-state index contributed by atoms with van der Waals surface area (Å²) in [5, 5.41) is 0.301. The lowest BCUT2D eigenvalue weighted by Gasteiger charge is -2.43. The van der Waals surface area contributed by atoms with Crippen molar-refractivity contribution in [2.24, 2.45) is 0 Å². The Hall–Kier alpha value is -1.19. The van der Waals surface area contributed by atoms with Crippen molar-refractivity contribution in [3.05, 3.63) is 0 Å². The summed E-state index contributed by atoms with van der Waals surface area (Å²) < 4.78 is 26.3. The van der Waals surface area contributed by atoms with Crippen LogP contribution in [0.5, 0.6) is 0 Å². The molecule has 5 atom stereocenters. The van der Waals surface area contributed by atoms with Gasteiger partial charge in [-0.15, -0.1) is 0 Å². The number of halogens is 1. The molecular weight excluding hydrogens is 364 g/mol. The van der Waals surface area contributed by atoms with Crippen LogP contribution < -0.4 is 0 Å². The van der Waals surface area contributed by atoms with Crippen LogP contribution in [-0.2, 0) is 38.1 Å². The van der Waals surface area contributed by atoms with Gasteiger partial charge in [0.25, 0.3) is 0 Å². The molecule has 0 unspecified atom stereocenters. The fourth-order valence-electron chi connectivity index (χ4n) is 2.17. The second-order valence-corrected chi connectivity index (χ2v) is 5.30. The summed E-state index contributed by atoms with van der Waals surface area (Å²) in [5.41, 5.74) is 0. The summed E-state index contributed by atoms with van der Waals surface area (Å²) in [4.78, 5) is 34.0. The molecule has 0 aromatic carbocycles. The van der Waals surface area contributed by atoms with E-state index in [2.05, 4.69) is 15.9 Å². The van der Waals surface area contributed by atoms with Gasteiger partial charge in [-0.2, -0.15) is 0 Å². The quantitative estimate of drug-likeness (QED) is 0.386. The average molecular weight is 383 g/mol. The lowest BCUT2D eigenvalue weighted by Crippen LogP contribution is -2.62. The van der Waals surface area contributed by atoms with Crippen molar-refractivity contribution < 1.29 is 38.1 Å². The Kier molecular flexibility index (Phi) is 7.24. The number of esters is 3. The normalized spacial score (nSPS) is 31.2. The molecule has 0 spiro atoms. The van der Waals surface area contributed by atoms with Gasteiger partial charge in [0.15, 0.2) is 24.6 Å². The molecule has 22 heavy (non-hydrogen) atoms. The number of hydrogen-bond donors (Lipinski definition) is 0. The Labute approximate surface area is 136 Å². The molecular formula is C13H19BrO8. The monoisotopic (exact) mass is 382 g/mol. The van der Waals surface area contributed by atoms with Crippen LogP contribution in [0, 0.1) is 0 Å². The van der Waals surface area contributed by atoms with Gasteiger partial charge in [-0.1, -0.05) is 15.9 Å². The molecule has 126 valence electrons. The maximum Gasteiger partial charge on any atom is 0.303 e. The molecule has 0 amide bonds. The highest BCUT2D eigenvalue weighted by atomic mass is 79.9. The van der Waals surface area contributed by atoms with E-state index in [1.807, 2.05) is 0 Å². The second-order valence-electron chi connectivity index (χ2n) is 4.66. The molecule has 0 saturated carbocycles. The number of alkyl halides is 1. The van der Waals surface area contributed by atoms with E-state index >= 15 is 0 Å². The molecule has 0 bridgehead atoms. The van der Waals surface area contributed by atoms with Gasteiger partial charge < -0.3 is 23.7 Å². The van der Waals surface area contributed by atoms with Gasteiger partial charge in [0.05, 0.1) is 0 Å². The number of carbonyl (C=O) groups is 3. The highest BCUT2D eigenvalue weighted by Crippen LogP contribution is 2.29. The molecule has 1 rings (SSSR count). The zero-order chi connectivity index (χ0) is 16.9. The Bertz CT molecular complexity index is 396. The Morgan fingerprint density at radius 2 is 1.36 bits per heavy atom. The van der Waals surface area contributed by atoms with Crippen LogP contribution in [-0.4, -0.2) is 61.1 Å². The van der Waals surface area contributed by atoms with E-state index in [1.165, 1.54) is 27.9 Å². The molecule has 1 heterocycles. The molecule has 9 heteroatoms. The van der Waals surface area contributed by atoms with Crippen LogP contribution in [0.25, 0.3) is 0 Å². The molecule has 0 aromatic rings. The largest absolute Gasteiger partial charge is 0.456 e. The van der Waals surface area contributed by atoms with Crippen LogP contribution in [0.3, 0.4) is 0 Å². The number of carbonyl (C=O) groups excluding carboxylic acids is 3. The van der Waals surface area contributed by atoms with Crippen LogP contribution in [0.15, 0.2) is 0 Å². The highest BCUT2D eigenvalue weighted by molar-refractivity contribution is 9.09. The van der Waals surface area contributed by atoms with Gasteiger partial charge >= 0.3 is 17.9 Å². The molecule has 1 saturated heterocycles. The second kappa shape index (κ2) is 8.44. The fourth-order valence-corrected chi connectivity index (χ4v) is 2.69. The van der Waals surface area contributed by atoms with E-state index in [9.17, 15) is 14.4 Å². The van der Waals surface area contributed by atoms with E-state index in [1.54, 1.807) is 0 Å². The topological polar surface area (TPSA) is 97.4 Å². The molecule has 8 nitrogen and oxygen atoms in total. The zero-order valence-electron chi connectivity index (χ0n) is 12.7. The van der Waals surface area contributed by atoms with Gasteiger partial charge in [0, 0.05) is 33.2 Å². The smallest absolute Gasteiger partial charge is 0.303 e. The fraction of sp³-hybridized carbons (Fsp3) is 0.769. The van der Waals surface area contributed by atoms with Gasteiger partial charge in [0.2, 0.25) is 0 Å². The Morgan fingerprint density at radius 3 is 1.77 bits per heavy atom. The maximum absolute atomic E-state index is 11.4. The van der Waals surface area contributed by atoms with Gasteiger partial charge in [-0.05, 0) is 0 Å². The summed E-state index contributed by atoms with van der Waals surface area (Å²) in [7, 11) is 1.36. The van der Waals surface area contributed by atoms with Crippen molar-refractivity contribution in [2.45, 2.75) is 51.5 Å². The van der Waals surface area contributed by atoms with E-state index in [0.717, 1.165) is 0 Å². The molecule has 0 aliphatic carbocycles. The lowest BCUT2D eigenvalue weighted by molar-refractivity contribution is -0.293. The highest BCUT2D eigenvalue weighted by Gasteiger charge is 2.51. The van der Waals surface area contributed by atoms with E-state index in [0.29, 0.717) is 5.33 Å². The first-order valence-corrected chi connectivity index (χ1v) is 7.68. The summed E-state index contributed by atoms with van der Waals surface area (Å²) in [6, 6.07) is 0. The third kappa shape index (κ3) is 4.92. The van der Waals surface area contributed by atoms with Crippen LogP contribution in [0.2, 0.25) is 0 Å².